The summed E-state index contributed by atoms with van der Waals surface area (Å²) < 4.78 is 45.2. The lowest BCUT2D eigenvalue weighted by molar-refractivity contribution is -0.137. The molecule has 0 unspecified atom stereocenters. The summed E-state index contributed by atoms with van der Waals surface area (Å²) in [4.78, 5) is 17.5. The number of pyridine rings is 1. The van der Waals surface area contributed by atoms with Gasteiger partial charge >= 0.3 is 6.18 Å². The summed E-state index contributed by atoms with van der Waals surface area (Å²) in [5.74, 6) is 0.541. The fourth-order valence-electron chi connectivity index (χ4n) is 4.16. The van der Waals surface area contributed by atoms with Gasteiger partial charge in [-0.25, -0.2) is 0 Å². The van der Waals surface area contributed by atoms with Gasteiger partial charge in [0.15, 0.2) is 0 Å². The van der Waals surface area contributed by atoms with Crippen molar-refractivity contribution in [3.05, 3.63) is 72.1 Å². The first kappa shape index (κ1) is 23.5. The van der Waals surface area contributed by atoms with Gasteiger partial charge in [0.1, 0.15) is 5.75 Å². The molecule has 36 heavy (non-hydrogen) atoms. The van der Waals surface area contributed by atoms with Gasteiger partial charge in [0.05, 0.1) is 23.8 Å². The Balaban J connectivity index is 1.46. The van der Waals surface area contributed by atoms with Crippen molar-refractivity contribution >= 4 is 11.6 Å². The quantitative estimate of drug-likeness (QED) is 0.374. The summed E-state index contributed by atoms with van der Waals surface area (Å²) in [6, 6.07) is 12.0. The smallest absolute Gasteiger partial charge is 0.416 e. The molecule has 1 amide bonds. The number of alkyl halides is 3. The summed E-state index contributed by atoms with van der Waals surface area (Å²) in [7, 11) is 0. The van der Waals surface area contributed by atoms with Crippen LogP contribution >= 0.6 is 0 Å². The van der Waals surface area contributed by atoms with Gasteiger partial charge in [-0.15, -0.1) is 10.2 Å². The number of H-pyrrole nitrogens is 1. The van der Waals surface area contributed by atoms with E-state index in [-0.39, 0.29) is 5.91 Å². The molecule has 0 radical (unpaired) electrons. The molecule has 5 rings (SSSR count). The SMILES string of the molecule is CCOc1cncc(-c2ccc(NC(=O)C3(c4cccc(C(F)(F)F)c4)CC3)cc2-c2nn[nH]n2)c1. The fourth-order valence-corrected chi connectivity index (χ4v) is 4.16. The van der Waals surface area contributed by atoms with E-state index in [9.17, 15) is 18.0 Å². The maximum absolute atomic E-state index is 13.3. The highest BCUT2D eigenvalue weighted by Gasteiger charge is 2.51. The second kappa shape index (κ2) is 9.06. The first-order valence-electron chi connectivity index (χ1n) is 11.3. The first-order chi connectivity index (χ1) is 17.3. The highest BCUT2D eigenvalue weighted by atomic mass is 19.4. The van der Waals surface area contributed by atoms with E-state index in [4.69, 9.17) is 4.74 Å². The van der Waals surface area contributed by atoms with Crippen LogP contribution in [0.3, 0.4) is 0 Å². The third-order valence-corrected chi connectivity index (χ3v) is 6.13. The number of nitrogens with zero attached hydrogens (tertiary/aromatic N) is 4. The van der Waals surface area contributed by atoms with Crippen molar-refractivity contribution in [2.45, 2.75) is 31.4 Å². The largest absolute Gasteiger partial charge is 0.492 e. The van der Waals surface area contributed by atoms with Gasteiger partial charge < -0.3 is 10.1 Å². The minimum atomic E-state index is -4.48. The monoisotopic (exact) mass is 494 g/mol. The highest BCUT2D eigenvalue weighted by Crippen LogP contribution is 2.50. The Bertz CT molecular complexity index is 1400. The zero-order chi connectivity index (χ0) is 25.3. The third-order valence-electron chi connectivity index (χ3n) is 6.13. The Morgan fingerprint density at radius 2 is 1.94 bits per heavy atom. The standard InChI is InChI=1S/C25H21F3N6O2/c1-2-36-19-10-15(13-29-14-19)20-7-6-18(12-21(20)22-31-33-34-32-22)30-23(35)24(8-9-24)16-4-3-5-17(11-16)25(26,27)28/h3-7,10-14H,2,8-9H2,1H3,(H,30,35)(H,31,32,33,34). The molecule has 11 heteroatoms. The molecule has 0 bridgehead atoms. The minimum Gasteiger partial charge on any atom is -0.492 e. The summed E-state index contributed by atoms with van der Waals surface area (Å²) in [6.45, 7) is 2.36. The van der Waals surface area contributed by atoms with E-state index in [1.165, 1.54) is 6.07 Å². The number of hydrogen-bond acceptors (Lipinski definition) is 6. The van der Waals surface area contributed by atoms with Crippen LogP contribution in [0, 0.1) is 0 Å². The second-order valence-electron chi connectivity index (χ2n) is 8.45. The van der Waals surface area contributed by atoms with Crippen LogP contribution < -0.4 is 10.1 Å². The Morgan fingerprint density at radius 3 is 2.64 bits per heavy atom. The predicted molar refractivity (Wildman–Crippen MR) is 125 cm³/mol. The van der Waals surface area contributed by atoms with Crippen LogP contribution in [0.15, 0.2) is 60.9 Å². The van der Waals surface area contributed by atoms with Crippen LogP contribution in [0.4, 0.5) is 18.9 Å². The Labute approximate surface area is 203 Å². The molecule has 2 aromatic carbocycles. The molecular formula is C25H21F3N6O2. The van der Waals surface area contributed by atoms with E-state index in [0.29, 0.717) is 47.8 Å². The molecule has 2 aromatic heterocycles. The molecule has 2 N–H and O–H groups in total. The van der Waals surface area contributed by atoms with E-state index in [0.717, 1.165) is 23.3 Å². The molecule has 0 aliphatic heterocycles. The number of rotatable bonds is 7. The molecule has 2 heterocycles. The Kier molecular flexibility index (Phi) is 5.91. The number of nitrogens with one attached hydrogen (secondary N) is 2. The molecule has 4 aromatic rings. The van der Waals surface area contributed by atoms with Crippen molar-refractivity contribution in [2.24, 2.45) is 0 Å². The predicted octanol–water partition coefficient (Wildman–Crippen LogP) is 5.02. The summed E-state index contributed by atoms with van der Waals surface area (Å²) in [5, 5.41) is 17.1. The van der Waals surface area contributed by atoms with E-state index in [1.807, 2.05) is 13.0 Å². The second-order valence-corrected chi connectivity index (χ2v) is 8.45. The molecule has 1 fully saturated rings. The number of carbonyl (C=O) groups excluding carboxylic acids is 1. The molecule has 1 saturated carbocycles. The number of carbonyl (C=O) groups is 1. The number of aromatic amines is 1. The van der Waals surface area contributed by atoms with Gasteiger partial charge in [0, 0.05) is 23.0 Å². The number of benzene rings is 2. The van der Waals surface area contributed by atoms with Crippen molar-refractivity contribution in [3.8, 4) is 28.3 Å². The van der Waals surface area contributed by atoms with E-state index >= 15 is 0 Å². The number of anilines is 1. The molecule has 0 saturated heterocycles. The van der Waals surface area contributed by atoms with Crippen molar-refractivity contribution in [1.82, 2.24) is 25.6 Å². The van der Waals surface area contributed by atoms with Crippen LogP contribution in [0.5, 0.6) is 5.75 Å². The van der Waals surface area contributed by atoms with Crippen LogP contribution in [0.1, 0.15) is 30.9 Å². The normalized spacial score (nSPS) is 14.3. The van der Waals surface area contributed by atoms with Gasteiger partial charge in [-0.1, -0.05) is 24.3 Å². The lowest BCUT2D eigenvalue weighted by Crippen LogP contribution is -2.28. The maximum atomic E-state index is 13.3. The van der Waals surface area contributed by atoms with Gasteiger partial charge in [-0.3, -0.25) is 9.78 Å². The Morgan fingerprint density at radius 1 is 1.11 bits per heavy atom. The van der Waals surface area contributed by atoms with Crippen LogP contribution in [0.25, 0.3) is 22.5 Å². The number of ether oxygens (including phenoxy) is 1. The summed E-state index contributed by atoms with van der Waals surface area (Å²) >= 11 is 0. The summed E-state index contributed by atoms with van der Waals surface area (Å²) in [6.07, 6.45) is -0.269. The molecular weight excluding hydrogens is 473 g/mol. The maximum Gasteiger partial charge on any atom is 0.416 e. The number of amides is 1. The fraction of sp³-hybridized carbons (Fsp3) is 0.240. The van der Waals surface area contributed by atoms with Crippen molar-refractivity contribution in [2.75, 3.05) is 11.9 Å². The van der Waals surface area contributed by atoms with Gasteiger partial charge in [-0.05, 0) is 60.4 Å². The number of halogens is 3. The van der Waals surface area contributed by atoms with Gasteiger partial charge in [0.25, 0.3) is 0 Å². The average Bonchev–Trinajstić information content (AvgIpc) is 3.51. The van der Waals surface area contributed by atoms with E-state index < -0.39 is 17.2 Å². The van der Waals surface area contributed by atoms with Crippen molar-refractivity contribution in [3.63, 3.8) is 0 Å². The lowest BCUT2D eigenvalue weighted by Gasteiger charge is -2.18. The van der Waals surface area contributed by atoms with E-state index in [2.05, 4.69) is 30.9 Å². The zero-order valence-corrected chi connectivity index (χ0v) is 19.1. The first-order valence-corrected chi connectivity index (χ1v) is 11.3. The molecule has 184 valence electrons. The van der Waals surface area contributed by atoms with Crippen molar-refractivity contribution in [1.29, 1.82) is 0 Å². The number of aromatic nitrogens is 5. The molecule has 8 nitrogen and oxygen atoms in total. The van der Waals surface area contributed by atoms with Crippen LogP contribution in [-0.2, 0) is 16.4 Å². The van der Waals surface area contributed by atoms with Crippen molar-refractivity contribution < 1.29 is 22.7 Å². The molecule has 1 aliphatic carbocycles. The number of tetrazole rings is 1. The number of hydrogen-bond donors (Lipinski definition) is 2. The molecule has 0 spiro atoms. The van der Waals surface area contributed by atoms with Gasteiger partial charge in [-0.2, -0.15) is 18.4 Å². The highest BCUT2D eigenvalue weighted by molar-refractivity contribution is 6.02. The zero-order valence-electron chi connectivity index (χ0n) is 19.1. The minimum absolute atomic E-state index is 0.307. The summed E-state index contributed by atoms with van der Waals surface area (Å²) in [5.41, 5.74) is 1.11. The Hall–Kier alpha value is -4.28. The van der Waals surface area contributed by atoms with Crippen LogP contribution in [0.2, 0.25) is 0 Å². The molecule has 1 aliphatic rings. The molecule has 0 atom stereocenters. The topological polar surface area (TPSA) is 106 Å². The average molecular weight is 494 g/mol. The third kappa shape index (κ3) is 4.51. The van der Waals surface area contributed by atoms with Crippen LogP contribution in [-0.4, -0.2) is 38.1 Å². The van der Waals surface area contributed by atoms with Gasteiger partial charge in [0.2, 0.25) is 11.7 Å². The van der Waals surface area contributed by atoms with E-state index in [1.54, 1.807) is 36.7 Å². The lowest BCUT2D eigenvalue weighted by atomic mass is 9.93.